The molecule has 0 spiro atoms. The molecule has 8 heteroatoms. The highest BCUT2D eigenvalue weighted by Crippen LogP contribution is 2.22. The highest BCUT2D eigenvalue weighted by atomic mass is 19.2. The van der Waals surface area contributed by atoms with Crippen LogP contribution in [0.5, 0.6) is 11.5 Å². The molecule has 4 nitrogen and oxygen atoms in total. The fourth-order valence-electron chi connectivity index (χ4n) is 1.68. The van der Waals surface area contributed by atoms with Crippen molar-refractivity contribution in [2.75, 3.05) is 25.6 Å². The minimum absolute atomic E-state index is 0.0115. The van der Waals surface area contributed by atoms with E-state index in [9.17, 15) is 17.6 Å². The van der Waals surface area contributed by atoms with Gasteiger partial charge in [0.05, 0.1) is 7.11 Å². The second-order valence-corrected chi connectivity index (χ2v) is 4.15. The van der Waals surface area contributed by atoms with Gasteiger partial charge in [0, 0.05) is 12.6 Å². The maximum atomic E-state index is 13.3. The highest BCUT2D eigenvalue weighted by molar-refractivity contribution is 5.45. The van der Waals surface area contributed by atoms with Crippen molar-refractivity contribution in [3.05, 3.63) is 47.8 Å². The van der Waals surface area contributed by atoms with Crippen LogP contribution in [0, 0.1) is 23.5 Å². The van der Waals surface area contributed by atoms with E-state index in [4.69, 9.17) is 9.47 Å². The third-order valence-corrected chi connectivity index (χ3v) is 2.71. The summed E-state index contributed by atoms with van der Waals surface area (Å²) in [6.45, 7) is -0.0639. The largest absolute Gasteiger partial charge is 0.497 e. The number of benzene rings is 1. The van der Waals surface area contributed by atoms with E-state index in [0.29, 0.717) is 11.5 Å². The summed E-state index contributed by atoms with van der Waals surface area (Å²) < 4.78 is 62.8. The maximum Gasteiger partial charge on any atom is 0.253 e. The molecule has 118 valence electrons. The Kier molecular flexibility index (Phi) is 5.03. The number of rotatable bonds is 6. The molecule has 1 aromatic carbocycles. The van der Waals surface area contributed by atoms with Gasteiger partial charge in [0.15, 0.2) is 0 Å². The first-order valence-electron chi connectivity index (χ1n) is 6.23. The Morgan fingerprint density at radius 1 is 1.05 bits per heavy atom. The topological polar surface area (TPSA) is 43.4 Å². The number of nitrogens with zero attached hydrogens (tertiary/aromatic N) is 1. The second kappa shape index (κ2) is 6.97. The summed E-state index contributed by atoms with van der Waals surface area (Å²) >= 11 is 0. The van der Waals surface area contributed by atoms with E-state index in [1.165, 1.54) is 7.11 Å². The lowest BCUT2D eigenvalue weighted by Crippen LogP contribution is -2.15. The third-order valence-electron chi connectivity index (χ3n) is 2.71. The summed E-state index contributed by atoms with van der Waals surface area (Å²) in [6, 6.07) is 6.70. The van der Waals surface area contributed by atoms with E-state index in [-0.39, 0.29) is 13.2 Å². The summed E-state index contributed by atoms with van der Waals surface area (Å²) in [5.74, 6) is -5.53. The minimum atomic E-state index is -1.71. The van der Waals surface area contributed by atoms with Crippen LogP contribution in [0.15, 0.2) is 24.3 Å². The number of nitrogens with one attached hydrogen (secondary N) is 1. The van der Waals surface area contributed by atoms with Gasteiger partial charge in [-0.15, -0.1) is 0 Å². The Hall–Kier alpha value is -2.51. The number of aromatic nitrogens is 1. The van der Waals surface area contributed by atoms with E-state index in [1.54, 1.807) is 24.3 Å². The molecule has 0 atom stereocenters. The van der Waals surface area contributed by atoms with Gasteiger partial charge < -0.3 is 14.8 Å². The van der Waals surface area contributed by atoms with Crippen molar-refractivity contribution in [3.8, 4) is 11.5 Å². The van der Waals surface area contributed by atoms with Gasteiger partial charge in [0.25, 0.3) is 11.9 Å². The Bertz CT molecular complexity index is 641. The molecule has 0 unspecified atom stereocenters. The van der Waals surface area contributed by atoms with Gasteiger partial charge in [0.1, 0.15) is 23.8 Å². The summed E-state index contributed by atoms with van der Waals surface area (Å²) in [7, 11) is 1.50. The molecular weight excluding hydrogens is 304 g/mol. The summed E-state index contributed by atoms with van der Waals surface area (Å²) in [5, 5.41) is 2.24. The molecule has 0 amide bonds. The zero-order chi connectivity index (χ0) is 16.1. The van der Waals surface area contributed by atoms with Crippen molar-refractivity contribution in [2.45, 2.75) is 0 Å². The monoisotopic (exact) mass is 316 g/mol. The number of hydrogen-bond donors (Lipinski definition) is 1. The van der Waals surface area contributed by atoms with Gasteiger partial charge in [-0.05, 0) is 12.1 Å². The minimum Gasteiger partial charge on any atom is -0.497 e. The highest BCUT2D eigenvalue weighted by Gasteiger charge is 2.20. The number of ether oxygens (including phenoxy) is 2. The molecule has 2 aromatic rings. The van der Waals surface area contributed by atoms with E-state index in [0.717, 1.165) is 0 Å². The summed E-state index contributed by atoms with van der Waals surface area (Å²) in [4.78, 5) is 2.46. The fraction of sp³-hybridized carbons (Fsp3) is 0.214. The molecule has 2 rings (SSSR count). The first-order valence-corrected chi connectivity index (χ1v) is 6.23. The van der Waals surface area contributed by atoms with Crippen molar-refractivity contribution in [1.29, 1.82) is 0 Å². The quantitative estimate of drug-likeness (QED) is 0.505. The van der Waals surface area contributed by atoms with Crippen LogP contribution in [0.25, 0.3) is 0 Å². The molecule has 1 N–H and O–H groups in total. The SMILES string of the molecule is COc1cccc(OCCNc2c(F)c(F)nc(F)c2F)c1. The average Bonchev–Trinajstić information content (AvgIpc) is 2.52. The van der Waals surface area contributed by atoms with Crippen LogP contribution in [0.1, 0.15) is 0 Å². The number of pyridine rings is 1. The smallest absolute Gasteiger partial charge is 0.253 e. The first-order chi connectivity index (χ1) is 10.5. The van der Waals surface area contributed by atoms with Gasteiger partial charge in [-0.25, -0.2) is 0 Å². The molecule has 22 heavy (non-hydrogen) atoms. The standard InChI is InChI=1S/C14H12F4N2O2/c1-21-8-3-2-4-9(7-8)22-6-5-19-12-10(15)13(17)20-14(18)11(12)16/h2-4,7H,5-6H2,1H3,(H,19,20). The van der Waals surface area contributed by atoms with Crippen LogP contribution < -0.4 is 14.8 Å². The second-order valence-electron chi connectivity index (χ2n) is 4.15. The predicted octanol–water partition coefficient (Wildman–Crippen LogP) is 3.14. The van der Waals surface area contributed by atoms with Crippen LogP contribution in [-0.2, 0) is 0 Å². The molecule has 0 saturated carbocycles. The third kappa shape index (κ3) is 3.57. The normalized spacial score (nSPS) is 10.4. The van der Waals surface area contributed by atoms with Crippen LogP contribution in [-0.4, -0.2) is 25.2 Å². The fourth-order valence-corrected chi connectivity index (χ4v) is 1.68. The molecule has 0 saturated heterocycles. The Balaban J connectivity index is 1.94. The average molecular weight is 316 g/mol. The van der Waals surface area contributed by atoms with Crippen molar-refractivity contribution in [3.63, 3.8) is 0 Å². The Labute approximate surface area is 123 Å². The molecular formula is C14H12F4N2O2. The van der Waals surface area contributed by atoms with Crippen molar-refractivity contribution in [1.82, 2.24) is 4.98 Å². The van der Waals surface area contributed by atoms with Gasteiger partial charge in [-0.1, -0.05) is 6.07 Å². The molecule has 0 bridgehead atoms. The van der Waals surface area contributed by atoms with Crippen LogP contribution in [0.2, 0.25) is 0 Å². The zero-order valence-corrected chi connectivity index (χ0v) is 11.5. The number of hydrogen-bond acceptors (Lipinski definition) is 4. The number of halogens is 4. The van der Waals surface area contributed by atoms with Gasteiger partial charge in [0.2, 0.25) is 11.6 Å². The van der Waals surface area contributed by atoms with E-state index in [2.05, 4.69) is 10.3 Å². The lowest BCUT2D eigenvalue weighted by Gasteiger charge is -2.11. The van der Waals surface area contributed by atoms with Gasteiger partial charge in [-0.2, -0.15) is 22.5 Å². The summed E-state index contributed by atoms with van der Waals surface area (Å²) in [6.07, 6.45) is 0. The molecule has 0 aliphatic carbocycles. The lowest BCUT2D eigenvalue weighted by molar-refractivity contribution is 0.328. The first kappa shape index (κ1) is 15.9. The Morgan fingerprint density at radius 3 is 2.32 bits per heavy atom. The van der Waals surface area contributed by atoms with Gasteiger partial charge >= 0.3 is 0 Å². The van der Waals surface area contributed by atoms with Crippen LogP contribution in [0.3, 0.4) is 0 Å². The van der Waals surface area contributed by atoms with E-state index in [1.807, 2.05) is 0 Å². The molecule has 0 aliphatic heterocycles. The predicted molar refractivity (Wildman–Crippen MR) is 71.0 cm³/mol. The Morgan fingerprint density at radius 2 is 1.68 bits per heavy atom. The lowest BCUT2D eigenvalue weighted by atomic mass is 10.3. The summed E-state index contributed by atoms with van der Waals surface area (Å²) in [5.41, 5.74) is -0.917. The van der Waals surface area contributed by atoms with Crippen molar-refractivity contribution < 1.29 is 27.0 Å². The van der Waals surface area contributed by atoms with Gasteiger partial charge in [-0.3, -0.25) is 0 Å². The van der Waals surface area contributed by atoms with E-state index < -0.39 is 29.2 Å². The maximum absolute atomic E-state index is 13.3. The van der Waals surface area contributed by atoms with Crippen molar-refractivity contribution in [2.24, 2.45) is 0 Å². The molecule has 1 aromatic heterocycles. The van der Waals surface area contributed by atoms with E-state index >= 15 is 0 Å². The number of methoxy groups -OCH3 is 1. The number of anilines is 1. The molecule has 0 radical (unpaired) electrons. The zero-order valence-electron chi connectivity index (χ0n) is 11.5. The van der Waals surface area contributed by atoms with Crippen LogP contribution >= 0.6 is 0 Å². The molecule has 1 heterocycles. The molecule has 0 aliphatic rings. The van der Waals surface area contributed by atoms with Crippen molar-refractivity contribution >= 4 is 5.69 Å². The van der Waals surface area contributed by atoms with Crippen LogP contribution in [0.4, 0.5) is 23.2 Å². The molecule has 0 fully saturated rings.